The first-order valence-corrected chi connectivity index (χ1v) is 5.32. The number of hydrogen-bond donors (Lipinski definition) is 0. The summed E-state index contributed by atoms with van der Waals surface area (Å²) in [6.45, 7) is 4.38. The van der Waals surface area contributed by atoms with Gasteiger partial charge in [-0.3, -0.25) is 0 Å². The van der Waals surface area contributed by atoms with Gasteiger partial charge in [0.2, 0.25) is 0 Å². The summed E-state index contributed by atoms with van der Waals surface area (Å²) in [5, 5.41) is 8.98. The van der Waals surface area contributed by atoms with Gasteiger partial charge in [-0.15, -0.1) is 0 Å². The van der Waals surface area contributed by atoms with Crippen LogP contribution in [0, 0.1) is 11.3 Å². The number of nitrogens with zero attached hydrogens (tertiary/aromatic N) is 1. The van der Waals surface area contributed by atoms with Gasteiger partial charge < -0.3 is 0 Å². The summed E-state index contributed by atoms with van der Waals surface area (Å²) in [4.78, 5) is 0. The van der Waals surface area contributed by atoms with E-state index in [2.05, 4.69) is 26.0 Å². The summed E-state index contributed by atoms with van der Waals surface area (Å²) in [7, 11) is 0. The van der Waals surface area contributed by atoms with Crippen LogP contribution < -0.4 is 0 Å². The van der Waals surface area contributed by atoms with Gasteiger partial charge in [-0.05, 0) is 30.4 Å². The Bertz CT molecular complexity index is 322. The van der Waals surface area contributed by atoms with Gasteiger partial charge >= 0.3 is 0 Å². The fraction of sp³-hybridized carbons (Fsp3) is 0.462. The fourth-order valence-corrected chi connectivity index (χ4v) is 1.88. The first-order chi connectivity index (χ1) is 6.83. The molecular formula is C13H17N. The Kier molecular flexibility index (Phi) is 4.19. The highest BCUT2D eigenvalue weighted by atomic mass is 14.3. The van der Waals surface area contributed by atoms with E-state index in [-0.39, 0.29) is 0 Å². The highest BCUT2D eigenvalue weighted by molar-refractivity contribution is 5.39. The van der Waals surface area contributed by atoms with Crippen molar-refractivity contribution in [1.82, 2.24) is 0 Å². The number of nitriles is 1. The van der Waals surface area contributed by atoms with Crippen molar-refractivity contribution < 1.29 is 0 Å². The molecule has 0 saturated heterocycles. The van der Waals surface area contributed by atoms with Crippen molar-refractivity contribution in [1.29, 1.82) is 5.26 Å². The van der Waals surface area contributed by atoms with Crippen LogP contribution in [0.4, 0.5) is 0 Å². The highest BCUT2D eigenvalue weighted by Gasteiger charge is 2.11. The van der Waals surface area contributed by atoms with Gasteiger partial charge in [-0.25, -0.2) is 0 Å². The molecule has 0 bridgehead atoms. The maximum atomic E-state index is 8.98. The molecule has 0 amide bonds. The molecule has 14 heavy (non-hydrogen) atoms. The molecule has 1 aromatic carbocycles. The minimum absolute atomic E-state index is 0.552. The van der Waals surface area contributed by atoms with Crippen LogP contribution in [0.15, 0.2) is 24.3 Å². The van der Waals surface area contributed by atoms with Crippen molar-refractivity contribution in [2.75, 3.05) is 0 Å². The Labute approximate surface area is 86.4 Å². The maximum Gasteiger partial charge on any atom is 0.0994 e. The molecule has 74 valence electrons. The Morgan fingerprint density at radius 2 is 2.00 bits per heavy atom. The van der Waals surface area contributed by atoms with Crippen molar-refractivity contribution in [3.05, 3.63) is 35.4 Å². The molecule has 0 spiro atoms. The second-order valence-electron chi connectivity index (χ2n) is 3.59. The van der Waals surface area contributed by atoms with E-state index in [1.165, 1.54) is 18.4 Å². The predicted octanol–water partition coefficient (Wildman–Crippen LogP) is 3.85. The van der Waals surface area contributed by atoms with Gasteiger partial charge in [0.25, 0.3) is 0 Å². The van der Waals surface area contributed by atoms with Crippen LogP contribution in [0.2, 0.25) is 0 Å². The van der Waals surface area contributed by atoms with E-state index in [4.69, 9.17) is 5.26 Å². The number of hydrogen-bond acceptors (Lipinski definition) is 1. The average Bonchev–Trinajstić information content (AvgIpc) is 2.26. The Balaban J connectivity index is 2.97. The van der Waals surface area contributed by atoms with Gasteiger partial charge in [0.1, 0.15) is 0 Å². The molecule has 0 heterocycles. The van der Waals surface area contributed by atoms with Crippen LogP contribution in [-0.4, -0.2) is 0 Å². The molecule has 0 aliphatic rings. The topological polar surface area (TPSA) is 23.8 Å². The van der Waals surface area contributed by atoms with Crippen molar-refractivity contribution in [2.45, 2.75) is 39.0 Å². The molecule has 1 heteroatoms. The molecule has 0 aromatic heterocycles. The number of benzene rings is 1. The SMILES string of the molecule is CCCC(CC)c1ccccc1C#N. The Morgan fingerprint density at radius 1 is 1.29 bits per heavy atom. The van der Waals surface area contributed by atoms with Crippen LogP contribution in [0.25, 0.3) is 0 Å². The Hall–Kier alpha value is -1.29. The molecule has 1 aromatic rings. The van der Waals surface area contributed by atoms with E-state index < -0.39 is 0 Å². The van der Waals surface area contributed by atoms with Crippen molar-refractivity contribution in [2.24, 2.45) is 0 Å². The zero-order valence-corrected chi connectivity index (χ0v) is 8.96. The van der Waals surface area contributed by atoms with Gasteiger partial charge in [0.15, 0.2) is 0 Å². The number of rotatable bonds is 4. The molecule has 0 aliphatic heterocycles. The van der Waals surface area contributed by atoms with Crippen LogP contribution in [0.3, 0.4) is 0 Å². The van der Waals surface area contributed by atoms with Crippen LogP contribution in [0.5, 0.6) is 0 Å². The van der Waals surface area contributed by atoms with E-state index in [1.807, 2.05) is 18.2 Å². The summed E-state index contributed by atoms with van der Waals surface area (Å²) in [6.07, 6.45) is 3.47. The highest BCUT2D eigenvalue weighted by Crippen LogP contribution is 2.26. The van der Waals surface area contributed by atoms with Gasteiger partial charge in [0, 0.05) is 0 Å². The first kappa shape index (κ1) is 10.8. The molecule has 1 nitrogen and oxygen atoms in total. The minimum atomic E-state index is 0.552. The molecule has 0 fully saturated rings. The molecule has 0 N–H and O–H groups in total. The second kappa shape index (κ2) is 5.44. The summed E-state index contributed by atoms with van der Waals surface area (Å²) in [6, 6.07) is 10.2. The largest absolute Gasteiger partial charge is 0.192 e. The molecule has 0 aliphatic carbocycles. The zero-order valence-electron chi connectivity index (χ0n) is 8.96. The summed E-state index contributed by atoms with van der Waals surface area (Å²) in [5.74, 6) is 0.552. The van der Waals surface area contributed by atoms with Gasteiger partial charge in [0.05, 0.1) is 11.6 Å². The minimum Gasteiger partial charge on any atom is -0.192 e. The monoisotopic (exact) mass is 187 g/mol. The summed E-state index contributed by atoms with van der Waals surface area (Å²) < 4.78 is 0. The zero-order chi connectivity index (χ0) is 10.4. The van der Waals surface area contributed by atoms with Crippen LogP contribution in [-0.2, 0) is 0 Å². The van der Waals surface area contributed by atoms with E-state index in [0.29, 0.717) is 5.92 Å². The molecular weight excluding hydrogens is 170 g/mol. The van der Waals surface area contributed by atoms with Gasteiger partial charge in [-0.2, -0.15) is 5.26 Å². The van der Waals surface area contributed by atoms with Crippen molar-refractivity contribution in [3.63, 3.8) is 0 Å². The quantitative estimate of drug-likeness (QED) is 0.702. The van der Waals surface area contributed by atoms with Gasteiger partial charge in [-0.1, -0.05) is 38.5 Å². The molecule has 1 rings (SSSR count). The first-order valence-electron chi connectivity index (χ1n) is 5.32. The lowest BCUT2D eigenvalue weighted by Gasteiger charge is -2.15. The van der Waals surface area contributed by atoms with E-state index in [9.17, 15) is 0 Å². The summed E-state index contributed by atoms with van der Waals surface area (Å²) in [5.41, 5.74) is 2.06. The third-order valence-corrected chi connectivity index (χ3v) is 2.65. The van der Waals surface area contributed by atoms with Crippen molar-refractivity contribution >= 4 is 0 Å². The molecule has 1 unspecified atom stereocenters. The lowest BCUT2D eigenvalue weighted by Crippen LogP contribution is -1.99. The standard InChI is InChI=1S/C13H17N/c1-3-7-11(4-2)13-9-6-5-8-12(13)10-14/h5-6,8-9,11H,3-4,7H2,1-2H3. The molecule has 0 radical (unpaired) electrons. The van der Waals surface area contributed by atoms with E-state index in [1.54, 1.807) is 0 Å². The second-order valence-corrected chi connectivity index (χ2v) is 3.59. The normalized spacial score (nSPS) is 12.1. The third-order valence-electron chi connectivity index (χ3n) is 2.65. The molecule has 1 atom stereocenters. The fourth-order valence-electron chi connectivity index (χ4n) is 1.88. The predicted molar refractivity (Wildman–Crippen MR) is 59.1 cm³/mol. The maximum absolute atomic E-state index is 8.98. The summed E-state index contributed by atoms with van der Waals surface area (Å²) >= 11 is 0. The van der Waals surface area contributed by atoms with E-state index in [0.717, 1.165) is 12.0 Å². The van der Waals surface area contributed by atoms with Crippen molar-refractivity contribution in [3.8, 4) is 6.07 Å². The van der Waals surface area contributed by atoms with Crippen LogP contribution >= 0.6 is 0 Å². The Morgan fingerprint density at radius 3 is 2.57 bits per heavy atom. The third kappa shape index (κ3) is 2.35. The smallest absolute Gasteiger partial charge is 0.0994 e. The molecule has 0 saturated carbocycles. The van der Waals surface area contributed by atoms with Crippen LogP contribution in [0.1, 0.15) is 50.2 Å². The van der Waals surface area contributed by atoms with E-state index >= 15 is 0 Å². The average molecular weight is 187 g/mol. The lowest BCUT2D eigenvalue weighted by molar-refractivity contribution is 0.595. The lowest BCUT2D eigenvalue weighted by atomic mass is 9.89.